The first kappa shape index (κ1) is 67.8. The molecule has 3 unspecified atom stereocenters. The number of nitrogens with two attached hydrogens (primary N) is 1. The molecule has 6 atom stereocenters. The number of ether oxygens (including phenoxy) is 2. The number of primary amides is 1. The highest BCUT2D eigenvalue weighted by Crippen LogP contribution is 2.20. The summed E-state index contributed by atoms with van der Waals surface area (Å²) in [5.74, 6) is -7.71. The van der Waals surface area contributed by atoms with Crippen LogP contribution in [0.2, 0.25) is 0 Å². The number of amides is 10. The van der Waals surface area contributed by atoms with Crippen molar-refractivity contribution in [3.63, 3.8) is 0 Å². The molecule has 466 valence electrons. The van der Waals surface area contributed by atoms with Gasteiger partial charge >= 0.3 is 12.1 Å². The van der Waals surface area contributed by atoms with E-state index in [4.69, 9.17) is 15.2 Å². The lowest BCUT2D eigenvalue weighted by atomic mass is 10.0. The van der Waals surface area contributed by atoms with Gasteiger partial charge in [0.1, 0.15) is 53.2 Å². The molecule has 25 nitrogen and oxygen atoms in total. The average molecular weight is 1190 g/mol. The van der Waals surface area contributed by atoms with E-state index in [-0.39, 0.29) is 94.9 Å². The number of hydrogen-bond acceptors (Lipinski definition) is 14. The van der Waals surface area contributed by atoms with E-state index in [0.29, 0.717) is 40.4 Å². The Morgan fingerprint density at radius 1 is 0.628 bits per heavy atom. The van der Waals surface area contributed by atoms with Gasteiger partial charge in [-0.15, -0.1) is 0 Å². The van der Waals surface area contributed by atoms with Crippen molar-refractivity contribution in [2.45, 2.75) is 172 Å². The molecule has 10 amide bonds. The van der Waals surface area contributed by atoms with E-state index >= 15 is 0 Å². The van der Waals surface area contributed by atoms with E-state index in [9.17, 15) is 57.8 Å². The SMILES string of the molecule is CC(C)(C)OC(=O)C[C@H](NC(=O)C1CCCCNC(=O)CCCC(=O)NCCCCC(NC(=O)[C@H](Cc2ccc(O)cc2)NC(=O)OC(C)(C)C)C(=O)NCC(=O)NC(Cc2c[nH]c3ccccc23)C(=O)N1)C(=O)N[C@@H](Cc1ccccc1)C(N)=O. The molecule has 25 heteroatoms. The number of phenols is 1. The number of aromatic amines is 1. The van der Waals surface area contributed by atoms with Crippen molar-refractivity contribution in [3.05, 3.63) is 102 Å². The maximum Gasteiger partial charge on any atom is 0.408 e. The van der Waals surface area contributed by atoms with Crippen molar-refractivity contribution < 1.29 is 67.3 Å². The number of esters is 1. The van der Waals surface area contributed by atoms with Crippen LogP contribution in [0.5, 0.6) is 5.75 Å². The zero-order valence-corrected chi connectivity index (χ0v) is 49.7. The van der Waals surface area contributed by atoms with E-state index in [1.165, 1.54) is 12.1 Å². The number of fused-ring (bicyclic) bond motifs is 1. The van der Waals surface area contributed by atoms with Crippen LogP contribution in [0, 0.1) is 0 Å². The maximum absolute atomic E-state index is 14.8. The van der Waals surface area contributed by atoms with Crippen molar-refractivity contribution in [2.75, 3.05) is 19.6 Å². The minimum Gasteiger partial charge on any atom is -0.508 e. The maximum atomic E-state index is 14.8. The van der Waals surface area contributed by atoms with E-state index in [1.807, 2.05) is 6.07 Å². The zero-order chi connectivity index (χ0) is 63.0. The van der Waals surface area contributed by atoms with Gasteiger partial charge in [-0.05, 0) is 121 Å². The Kier molecular flexibility index (Phi) is 25.9. The van der Waals surface area contributed by atoms with E-state index in [1.54, 1.807) is 108 Å². The number of aromatic hydroxyl groups is 1. The molecule has 0 aliphatic carbocycles. The normalized spacial score (nSPS) is 18.7. The molecular weight excluding hydrogens is 1110 g/mol. The smallest absolute Gasteiger partial charge is 0.408 e. The number of rotatable bonds is 16. The first-order valence-corrected chi connectivity index (χ1v) is 28.9. The molecule has 1 aliphatic heterocycles. The third-order valence-corrected chi connectivity index (χ3v) is 13.5. The number of phenolic OH excluding ortho intramolecular Hbond substituents is 1. The molecule has 86 heavy (non-hydrogen) atoms. The van der Waals surface area contributed by atoms with Gasteiger partial charge in [-0.1, -0.05) is 60.7 Å². The van der Waals surface area contributed by atoms with Crippen molar-refractivity contribution >= 4 is 76.1 Å². The Balaban J connectivity index is 1.45. The summed E-state index contributed by atoms with van der Waals surface area (Å²) in [7, 11) is 0. The van der Waals surface area contributed by atoms with Gasteiger partial charge in [0.15, 0.2) is 0 Å². The second-order valence-corrected chi connectivity index (χ2v) is 23.1. The van der Waals surface area contributed by atoms with Gasteiger partial charge in [0.05, 0.1) is 13.0 Å². The second kappa shape index (κ2) is 32.9. The van der Waals surface area contributed by atoms with Crippen molar-refractivity contribution in [1.29, 1.82) is 0 Å². The Bertz CT molecular complexity index is 2990. The highest BCUT2D eigenvalue weighted by atomic mass is 16.6. The molecule has 1 aromatic heterocycles. The van der Waals surface area contributed by atoms with Crippen molar-refractivity contribution in [2.24, 2.45) is 5.73 Å². The molecule has 0 saturated carbocycles. The minimum absolute atomic E-state index is 0.0116. The number of benzene rings is 3. The lowest BCUT2D eigenvalue weighted by Gasteiger charge is -2.27. The molecule has 5 rings (SSSR count). The van der Waals surface area contributed by atoms with Gasteiger partial charge in [-0.3, -0.25) is 47.9 Å². The van der Waals surface area contributed by atoms with Gasteiger partial charge in [0.2, 0.25) is 53.2 Å². The molecule has 1 saturated heterocycles. The van der Waals surface area contributed by atoms with E-state index in [0.717, 1.165) is 0 Å². The Hall–Kier alpha value is -9.03. The number of para-hydroxylation sites is 1. The highest BCUT2D eigenvalue weighted by molar-refractivity contribution is 5.98. The van der Waals surface area contributed by atoms with E-state index in [2.05, 4.69) is 52.8 Å². The number of H-pyrrole nitrogens is 1. The molecule has 0 spiro atoms. The average Bonchev–Trinajstić information content (AvgIpc) is 2.98. The molecule has 2 heterocycles. The number of carbonyl (C=O) groups is 11. The number of carbonyl (C=O) groups excluding carboxylic acids is 11. The third kappa shape index (κ3) is 24.3. The second-order valence-electron chi connectivity index (χ2n) is 23.1. The standard InChI is InChI=1S/C61H83N11O14/c1-60(2,3)85-52(77)34-48(58(83)70-45(53(62)78)31-37-17-8-7-9-18-37)71-55(80)44-22-13-15-30-64-50(75)24-16-23-49(74)63-29-14-12-21-43(68-56(81)46(72-59(84)86-61(4,5)6)32-38-25-27-40(73)28-26-38)54(79)66-36-51(76)67-47(57(82)69-44)33-39-35-65-42-20-11-10-19-41(39)42/h7-11,17-20,25-28,35,43-48,65,73H,12-16,21-24,29-34,36H2,1-6H3,(H2,62,78)(H,63,74)(H,64,75)(H,66,79)(H,67,76)(H,68,81)(H,69,82)(H,70,83)(H,71,80)(H,72,84)/t43?,44?,45-,46-,47?,48-/m0/s1. The highest BCUT2D eigenvalue weighted by Gasteiger charge is 2.35. The van der Waals surface area contributed by atoms with Gasteiger partial charge in [0.25, 0.3) is 0 Å². The van der Waals surface area contributed by atoms with Crippen LogP contribution < -0.4 is 53.6 Å². The van der Waals surface area contributed by atoms with Crippen LogP contribution >= 0.6 is 0 Å². The fourth-order valence-corrected chi connectivity index (χ4v) is 9.24. The first-order valence-electron chi connectivity index (χ1n) is 28.9. The predicted molar refractivity (Wildman–Crippen MR) is 317 cm³/mol. The van der Waals surface area contributed by atoms with E-state index < -0.39 is 114 Å². The quantitative estimate of drug-likeness (QED) is 0.0717. The molecule has 0 bridgehead atoms. The molecule has 13 N–H and O–H groups in total. The van der Waals surface area contributed by atoms with Crippen LogP contribution in [-0.2, 0) is 76.7 Å². The summed E-state index contributed by atoms with van der Waals surface area (Å²) in [6, 6.07) is 13.3. The fraction of sp³-hybridized carbons (Fsp3) is 0.492. The Morgan fingerprint density at radius 2 is 1.23 bits per heavy atom. The fourth-order valence-electron chi connectivity index (χ4n) is 9.24. The number of alkyl carbamates (subject to hydrolysis) is 1. The first-order chi connectivity index (χ1) is 40.7. The lowest BCUT2D eigenvalue weighted by Crippen LogP contribution is -2.59. The van der Waals surface area contributed by atoms with Crippen LogP contribution in [-0.4, -0.2) is 142 Å². The number of nitrogens with one attached hydrogen (secondary N) is 10. The van der Waals surface area contributed by atoms with Crippen LogP contribution in [0.3, 0.4) is 0 Å². The molecule has 1 fully saturated rings. The van der Waals surface area contributed by atoms with Gasteiger partial charge in [0, 0.05) is 62.3 Å². The van der Waals surface area contributed by atoms with Crippen molar-refractivity contribution in [3.8, 4) is 5.75 Å². The van der Waals surface area contributed by atoms with Gasteiger partial charge < -0.3 is 73.1 Å². The molecule has 3 aromatic carbocycles. The molecule has 4 aromatic rings. The van der Waals surface area contributed by atoms with Crippen molar-refractivity contribution in [1.82, 2.24) is 52.8 Å². The van der Waals surface area contributed by atoms with Crippen LogP contribution in [0.15, 0.2) is 85.1 Å². The summed E-state index contributed by atoms with van der Waals surface area (Å²) in [5.41, 5.74) is 6.28. The Labute approximate surface area is 499 Å². The summed E-state index contributed by atoms with van der Waals surface area (Å²) in [4.78, 5) is 154. The molecular formula is C61H83N11O14. The topological polar surface area (TPSA) is 377 Å². The summed E-state index contributed by atoms with van der Waals surface area (Å²) >= 11 is 0. The summed E-state index contributed by atoms with van der Waals surface area (Å²) in [6.45, 7) is 9.38. The lowest BCUT2D eigenvalue weighted by molar-refractivity contribution is -0.156. The van der Waals surface area contributed by atoms with Gasteiger partial charge in [-0.2, -0.15) is 0 Å². The zero-order valence-electron chi connectivity index (χ0n) is 49.7. The third-order valence-electron chi connectivity index (χ3n) is 13.5. The summed E-state index contributed by atoms with van der Waals surface area (Å²) < 4.78 is 11.0. The summed E-state index contributed by atoms with van der Waals surface area (Å²) in [6.07, 6.45) is 1.03. The predicted octanol–water partition coefficient (Wildman–Crippen LogP) is 2.31. The van der Waals surface area contributed by atoms with Crippen LogP contribution in [0.4, 0.5) is 4.79 Å². The van der Waals surface area contributed by atoms with Crippen LogP contribution in [0.25, 0.3) is 10.9 Å². The largest absolute Gasteiger partial charge is 0.508 e. The number of hydrogen-bond donors (Lipinski definition) is 12. The molecule has 0 radical (unpaired) electrons. The minimum atomic E-state index is -1.68. The number of aromatic nitrogens is 1. The van der Waals surface area contributed by atoms with Gasteiger partial charge in [-0.25, -0.2) is 4.79 Å². The summed E-state index contributed by atoms with van der Waals surface area (Å²) in [5, 5.41) is 34.6. The monoisotopic (exact) mass is 1190 g/mol. The molecule has 1 aliphatic rings. The Morgan fingerprint density at radius 3 is 1.87 bits per heavy atom. The van der Waals surface area contributed by atoms with Crippen LogP contribution in [0.1, 0.15) is 122 Å².